The summed E-state index contributed by atoms with van der Waals surface area (Å²) >= 11 is 1.62. The summed E-state index contributed by atoms with van der Waals surface area (Å²) in [5, 5.41) is 4.54. The Labute approximate surface area is 186 Å². The number of benzene rings is 3. The molecule has 145 valence electrons. The quantitative estimate of drug-likeness (QED) is 0.263. The fourth-order valence-electron chi connectivity index (χ4n) is 3.66. The number of thiazole rings is 1. The van der Waals surface area contributed by atoms with E-state index in [1.807, 2.05) is 28.4 Å². The standard InChI is InChI=1S/C23H17N4S.Ir/c1-15-11-18(17-7-4-3-5-8-17)12-16(2)22(15)27-23(24-13-26-27)19-9-6-10-20-21(19)25-14-28-20;/h3-8,10-14H,1-2H3;/q-1;. The monoisotopic (exact) mass is 574 g/mol. The van der Waals surface area contributed by atoms with E-state index in [0.717, 1.165) is 38.4 Å². The van der Waals surface area contributed by atoms with E-state index in [-0.39, 0.29) is 20.1 Å². The topological polar surface area (TPSA) is 43.6 Å². The molecule has 29 heavy (non-hydrogen) atoms. The van der Waals surface area contributed by atoms with Crippen molar-refractivity contribution in [1.82, 2.24) is 19.7 Å². The Morgan fingerprint density at radius 1 is 0.931 bits per heavy atom. The van der Waals surface area contributed by atoms with Gasteiger partial charge >= 0.3 is 0 Å². The van der Waals surface area contributed by atoms with Crippen molar-refractivity contribution in [2.75, 3.05) is 0 Å². The molecule has 0 N–H and O–H groups in total. The first-order valence-corrected chi connectivity index (χ1v) is 9.91. The van der Waals surface area contributed by atoms with Gasteiger partial charge in [0.25, 0.3) is 0 Å². The minimum absolute atomic E-state index is 0. The van der Waals surface area contributed by atoms with Crippen LogP contribution in [0.2, 0.25) is 0 Å². The first-order valence-electron chi connectivity index (χ1n) is 9.03. The number of hydrogen-bond acceptors (Lipinski definition) is 4. The largest absolute Gasteiger partial charge is 0.293 e. The van der Waals surface area contributed by atoms with Crippen LogP contribution in [-0.4, -0.2) is 19.7 Å². The minimum Gasteiger partial charge on any atom is -0.293 e. The van der Waals surface area contributed by atoms with Gasteiger partial charge in [-0.1, -0.05) is 35.9 Å². The molecule has 0 atom stereocenters. The van der Waals surface area contributed by atoms with Crippen LogP contribution in [0.5, 0.6) is 0 Å². The van der Waals surface area contributed by atoms with Crippen molar-refractivity contribution in [1.29, 1.82) is 0 Å². The summed E-state index contributed by atoms with van der Waals surface area (Å²) in [7, 11) is 0. The molecule has 0 aliphatic carbocycles. The molecule has 0 spiro atoms. The van der Waals surface area contributed by atoms with Crippen LogP contribution in [-0.2, 0) is 20.1 Å². The minimum atomic E-state index is 0. The Balaban J connectivity index is 0.00000205. The Morgan fingerprint density at radius 3 is 2.45 bits per heavy atom. The molecule has 4 nitrogen and oxygen atoms in total. The SMILES string of the molecule is Cc1cc(-c2ccccc2)cc(C)c1-n1ncnc1-c1[c-]ccc2scnc12.[Ir]. The summed E-state index contributed by atoms with van der Waals surface area (Å²) in [4.78, 5) is 9.05. The van der Waals surface area contributed by atoms with Crippen molar-refractivity contribution in [3.05, 3.63) is 83.6 Å². The van der Waals surface area contributed by atoms with Gasteiger partial charge < -0.3 is 0 Å². The molecule has 5 rings (SSSR count). The summed E-state index contributed by atoms with van der Waals surface area (Å²) in [6, 6.07) is 22.1. The van der Waals surface area contributed by atoms with Crippen molar-refractivity contribution in [3.63, 3.8) is 0 Å². The third-order valence-corrected chi connectivity index (χ3v) is 5.67. The Kier molecular flexibility index (Phi) is 5.41. The first-order chi connectivity index (χ1) is 13.7. The second kappa shape index (κ2) is 7.99. The Hall–Kier alpha value is -2.66. The zero-order valence-electron chi connectivity index (χ0n) is 15.9. The molecule has 1 radical (unpaired) electrons. The Morgan fingerprint density at radius 2 is 1.69 bits per heavy atom. The summed E-state index contributed by atoms with van der Waals surface area (Å²) in [6.07, 6.45) is 1.60. The number of hydrogen-bond donors (Lipinski definition) is 0. The maximum atomic E-state index is 4.54. The van der Waals surface area contributed by atoms with Crippen LogP contribution in [0.15, 0.2) is 66.4 Å². The predicted octanol–water partition coefficient (Wildman–Crippen LogP) is 5.63. The molecular weight excluding hydrogens is 557 g/mol. The van der Waals surface area contributed by atoms with Gasteiger partial charge in [-0.25, -0.2) is 0 Å². The second-order valence-electron chi connectivity index (χ2n) is 6.74. The van der Waals surface area contributed by atoms with Crippen molar-refractivity contribution < 1.29 is 20.1 Å². The molecular formula is C23H17IrN4S-. The van der Waals surface area contributed by atoms with Gasteiger partial charge in [0.2, 0.25) is 0 Å². The molecule has 0 saturated heterocycles. The van der Waals surface area contributed by atoms with Gasteiger partial charge in [-0.15, -0.1) is 29.5 Å². The maximum absolute atomic E-state index is 4.54. The fraction of sp³-hybridized carbons (Fsp3) is 0.0870. The number of fused-ring (bicyclic) bond motifs is 1. The van der Waals surface area contributed by atoms with E-state index in [2.05, 4.69) is 71.4 Å². The predicted molar refractivity (Wildman–Crippen MR) is 114 cm³/mol. The molecule has 0 saturated carbocycles. The van der Waals surface area contributed by atoms with Gasteiger partial charge in [-0.05, 0) is 52.9 Å². The molecule has 0 bridgehead atoms. The fourth-order valence-corrected chi connectivity index (χ4v) is 4.35. The van der Waals surface area contributed by atoms with Gasteiger partial charge in [0.1, 0.15) is 6.33 Å². The zero-order valence-corrected chi connectivity index (χ0v) is 19.1. The second-order valence-corrected chi connectivity index (χ2v) is 7.62. The van der Waals surface area contributed by atoms with E-state index in [9.17, 15) is 0 Å². The van der Waals surface area contributed by atoms with E-state index < -0.39 is 0 Å². The number of rotatable bonds is 3. The summed E-state index contributed by atoms with van der Waals surface area (Å²) in [5.41, 5.74) is 9.40. The Bertz CT molecular complexity index is 1270. The van der Waals surface area contributed by atoms with Crippen molar-refractivity contribution in [2.24, 2.45) is 0 Å². The smallest absolute Gasteiger partial charge is 0.127 e. The first kappa shape index (κ1) is 19.6. The van der Waals surface area contributed by atoms with Crippen LogP contribution in [0.4, 0.5) is 0 Å². The molecule has 0 aliphatic heterocycles. The maximum Gasteiger partial charge on any atom is 0.127 e. The molecule has 2 aromatic heterocycles. The van der Waals surface area contributed by atoms with Gasteiger partial charge in [0.15, 0.2) is 0 Å². The summed E-state index contributed by atoms with van der Waals surface area (Å²) in [5.74, 6) is 0.759. The third-order valence-electron chi connectivity index (χ3n) is 4.88. The molecule has 0 unspecified atom stereocenters. The molecule has 3 aromatic carbocycles. The van der Waals surface area contributed by atoms with Crippen molar-refractivity contribution in [2.45, 2.75) is 13.8 Å². The molecule has 2 heterocycles. The van der Waals surface area contributed by atoms with Gasteiger partial charge in [-0.2, -0.15) is 5.10 Å². The van der Waals surface area contributed by atoms with E-state index in [4.69, 9.17) is 0 Å². The number of aromatic nitrogens is 4. The normalized spacial score (nSPS) is 10.8. The third kappa shape index (κ3) is 3.44. The van der Waals surface area contributed by atoms with Crippen LogP contribution >= 0.6 is 11.3 Å². The summed E-state index contributed by atoms with van der Waals surface area (Å²) < 4.78 is 3.03. The average Bonchev–Trinajstić information content (AvgIpc) is 3.37. The van der Waals surface area contributed by atoms with Crippen LogP contribution in [0.3, 0.4) is 0 Å². The van der Waals surface area contributed by atoms with Crippen molar-refractivity contribution >= 4 is 21.6 Å². The molecule has 0 amide bonds. The van der Waals surface area contributed by atoms with Gasteiger partial charge in [-0.3, -0.25) is 14.6 Å². The van der Waals surface area contributed by atoms with Gasteiger partial charge in [0, 0.05) is 25.6 Å². The van der Waals surface area contributed by atoms with Gasteiger partial charge in [0.05, 0.1) is 17.0 Å². The zero-order chi connectivity index (χ0) is 19.1. The van der Waals surface area contributed by atoms with E-state index >= 15 is 0 Å². The van der Waals surface area contributed by atoms with E-state index in [1.54, 1.807) is 17.7 Å². The molecule has 6 heteroatoms. The average molecular weight is 574 g/mol. The molecule has 5 aromatic rings. The van der Waals surface area contributed by atoms with E-state index in [0.29, 0.717) is 0 Å². The van der Waals surface area contributed by atoms with Crippen LogP contribution in [0, 0.1) is 19.9 Å². The molecule has 0 fully saturated rings. The van der Waals surface area contributed by atoms with E-state index in [1.165, 1.54) is 11.1 Å². The molecule has 0 aliphatic rings. The number of aryl methyl sites for hydroxylation is 2. The number of nitrogens with zero attached hydrogens (tertiary/aromatic N) is 4. The summed E-state index contributed by atoms with van der Waals surface area (Å²) in [6.45, 7) is 4.24. The van der Waals surface area contributed by atoms with Crippen LogP contribution < -0.4 is 0 Å². The van der Waals surface area contributed by atoms with Crippen LogP contribution in [0.1, 0.15) is 11.1 Å². The van der Waals surface area contributed by atoms with Crippen LogP contribution in [0.25, 0.3) is 38.4 Å². The van der Waals surface area contributed by atoms with Crippen molar-refractivity contribution in [3.8, 4) is 28.2 Å².